The minimum absolute atomic E-state index is 0.0871. The lowest BCUT2D eigenvalue weighted by molar-refractivity contribution is 0.0787. The lowest BCUT2D eigenvalue weighted by Gasteiger charge is -2.16. The zero-order chi connectivity index (χ0) is 12.4. The Morgan fingerprint density at radius 2 is 2.29 bits per heavy atom. The number of hydrogen-bond donors (Lipinski definition) is 1. The molecule has 17 heavy (non-hydrogen) atoms. The van der Waals surface area contributed by atoms with Gasteiger partial charge in [0.1, 0.15) is 5.75 Å². The Balaban J connectivity index is 2.12. The Hall–Kier alpha value is -1.51. The number of phenols is 1. The van der Waals surface area contributed by atoms with E-state index in [1.54, 1.807) is 18.2 Å². The summed E-state index contributed by atoms with van der Waals surface area (Å²) in [7, 11) is 0. The molecule has 0 bridgehead atoms. The highest BCUT2D eigenvalue weighted by atomic mass is 16.3. The van der Waals surface area contributed by atoms with Crippen LogP contribution in [0.2, 0.25) is 0 Å². The van der Waals surface area contributed by atoms with Gasteiger partial charge in [0.15, 0.2) is 0 Å². The Kier molecular flexibility index (Phi) is 3.36. The third kappa shape index (κ3) is 2.43. The van der Waals surface area contributed by atoms with Crippen LogP contribution in [-0.4, -0.2) is 29.0 Å². The number of likely N-dealkylation sites (tertiary alicyclic amines) is 1. The van der Waals surface area contributed by atoms with Crippen molar-refractivity contribution in [3.63, 3.8) is 0 Å². The quantitative estimate of drug-likeness (QED) is 0.853. The molecule has 1 saturated heterocycles. The highest BCUT2D eigenvalue weighted by Gasteiger charge is 2.25. The average Bonchev–Trinajstić information content (AvgIpc) is 2.80. The number of rotatable bonds is 2. The van der Waals surface area contributed by atoms with Gasteiger partial charge < -0.3 is 10.0 Å². The summed E-state index contributed by atoms with van der Waals surface area (Å²) in [6.45, 7) is 5.71. The molecule has 1 aliphatic rings. The van der Waals surface area contributed by atoms with Crippen molar-refractivity contribution in [1.29, 1.82) is 0 Å². The van der Waals surface area contributed by atoms with E-state index >= 15 is 0 Å². The van der Waals surface area contributed by atoms with Crippen molar-refractivity contribution in [3.8, 4) is 5.75 Å². The van der Waals surface area contributed by atoms with E-state index in [9.17, 15) is 9.90 Å². The van der Waals surface area contributed by atoms with Crippen molar-refractivity contribution in [2.45, 2.75) is 26.7 Å². The summed E-state index contributed by atoms with van der Waals surface area (Å²) in [5.74, 6) is 0.982. The van der Waals surface area contributed by atoms with E-state index < -0.39 is 0 Å². The second-order valence-electron chi connectivity index (χ2n) is 4.82. The molecular weight excluding hydrogens is 214 g/mol. The number of amides is 1. The van der Waals surface area contributed by atoms with Gasteiger partial charge in [-0.1, -0.05) is 13.3 Å². The van der Waals surface area contributed by atoms with Crippen LogP contribution in [0.3, 0.4) is 0 Å². The van der Waals surface area contributed by atoms with E-state index in [-0.39, 0.29) is 11.7 Å². The van der Waals surface area contributed by atoms with Gasteiger partial charge in [0, 0.05) is 18.7 Å². The van der Waals surface area contributed by atoms with E-state index in [2.05, 4.69) is 6.92 Å². The number of aromatic hydroxyl groups is 1. The summed E-state index contributed by atoms with van der Waals surface area (Å²) in [5.41, 5.74) is 1.43. The smallest absolute Gasteiger partial charge is 0.253 e. The van der Waals surface area contributed by atoms with Gasteiger partial charge in [-0.3, -0.25) is 4.79 Å². The van der Waals surface area contributed by atoms with Crippen molar-refractivity contribution in [1.82, 2.24) is 4.90 Å². The lowest BCUT2D eigenvalue weighted by Crippen LogP contribution is -2.28. The van der Waals surface area contributed by atoms with E-state index in [1.807, 2.05) is 11.8 Å². The summed E-state index contributed by atoms with van der Waals surface area (Å²) in [6, 6.07) is 5.05. The van der Waals surface area contributed by atoms with Crippen LogP contribution < -0.4 is 0 Å². The Bertz CT molecular complexity index is 428. The molecule has 0 aromatic heterocycles. The molecule has 0 aliphatic carbocycles. The predicted molar refractivity (Wildman–Crippen MR) is 67.1 cm³/mol. The van der Waals surface area contributed by atoms with Gasteiger partial charge in [-0.2, -0.15) is 0 Å². The fraction of sp³-hybridized carbons (Fsp3) is 0.500. The van der Waals surface area contributed by atoms with Crippen molar-refractivity contribution >= 4 is 5.91 Å². The highest BCUT2D eigenvalue weighted by Crippen LogP contribution is 2.23. The molecule has 1 unspecified atom stereocenters. The minimum atomic E-state index is 0.0871. The molecule has 3 heteroatoms. The fourth-order valence-corrected chi connectivity index (χ4v) is 2.32. The number of aryl methyl sites for hydroxylation is 1. The molecule has 92 valence electrons. The Morgan fingerprint density at radius 1 is 1.53 bits per heavy atom. The average molecular weight is 233 g/mol. The molecule has 0 radical (unpaired) electrons. The number of hydrogen-bond acceptors (Lipinski definition) is 2. The molecule has 2 rings (SSSR count). The van der Waals surface area contributed by atoms with Crippen LogP contribution in [0.4, 0.5) is 0 Å². The molecule has 1 aliphatic heterocycles. The Labute approximate surface area is 102 Å². The topological polar surface area (TPSA) is 40.5 Å². The first kappa shape index (κ1) is 12.0. The normalized spacial score (nSPS) is 19.6. The van der Waals surface area contributed by atoms with Crippen molar-refractivity contribution in [2.24, 2.45) is 5.92 Å². The molecule has 0 spiro atoms. The largest absolute Gasteiger partial charge is 0.508 e. The number of nitrogens with zero attached hydrogens (tertiary/aromatic N) is 1. The van der Waals surface area contributed by atoms with Crippen LogP contribution in [-0.2, 0) is 0 Å². The number of benzene rings is 1. The maximum absolute atomic E-state index is 12.2. The van der Waals surface area contributed by atoms with Crippen molar-refractivity contribution in [3.05, 3.63) is 29.3 Å². The molecule has 1 aromatic rings. The minimum Gasteiger partial charge on any atom is -0.508 e. The third-order valence-electron chi connectivity index (χ3n) is 3.59. The monoisotopic (exact) mass is 233 g/mol. The van der Waals surface area contributed by atoms with Gasteiger partial charge in [0.25, 0.3) is 5.91 Å². The third-order valence-corrected chi connectivity index (χ3v) is 3.59. The number of carbonyl (C=O) groups excluding carboxylic acids is 1. The maximum atomic E-state index is 12.2. The molecule has 1 amide bonds. The van der Waals surface area contributed by atoms with Gasteiger partial charge in [-0.25, -0.2) is 0 Å². The fourth-order valence-electron chi connectivity index (χ4n) is 2.32. The Morgan fingerprint density at radius 3 is 2.88 bits per heavy atom. The van der Waals surface area contributed by atoms with E-state index in [0.29, 0.717) is 11.5 Å². The van der Waals surface area contributed by atoms with Gasteiger partial charge in [-0.15, -0.1) is 0 Å². The summed E-state index contributed by atoms with van der Waals surface area (Å²) >= 11 is 0. The predicted octanol–water partition coefficient (Wildman–Crippen LogP) is 2.57. The van der Waals surface area contributed by atoms with Crippen LogP contribution in [0.25, 0.3) is 0 Å². The molecule has 1 atom stereocenters. The van der Waals surface area contributed by atoms with Crippen LogP contribution >= 0.6 is 0 Å². The summed E-state index contributed by atoms with van der Waals surface area (Å²) in [6.07, 6.45) is 2.25. The number of phenolic OH excluding ortho intramolecular Hbond substituents is 1. The zero-order valence-electron chi connectivity index (χ0n) is 10.4. The van der Waals surface area contributed by atoms with Crippen molar-refractivity contribution < 1.29 is 9.90 Å². The van der Waals surface area contributed by atoms with E-state index in [1.165, 1.54) is 0 Å². The maximum Gasteiger partial charge on any atom is 0.253 e. The molecule has 1 aromatic carbocycles. The SMILES string of the molecule is CCC1CCN(C(=O)c2ccc(O)c(C)c2)C1. The first-order valence-corrected chi connectivity index (χ1v) is 6.20. The van der Waals surface area contributed by atoms with Crippen molar-refractivity contribution in [2.75, 3.05) is 13.1 Å². The highest BCUT2D eigenvalue weighted by molar-refractivity contribution is 5.94. The van der Waals surface area contributed by atoms with Gasteiger partial charge in [-0.05, 0) is 43.0 Å². The van der Waals surface area contributed by atoms with E-state index in [0.717, 1.165) is 31.5 Å². The summed E-state index contributed by atoms with van der Waals surface area (Å²) < 4.78 is 0. The number of carbonyl (C=O) groups is 1. The standard InChI is InChI=1S/C14H19NO2/c1-3-11-6-7-15(9-11)14(17)12-4-5-13(16)10(2)8-12/h4-5,8,11,16H,3,6-7,9H2,1-2H3. The van der Waals surface area contributed by atoms with Gasteiger partial charge in [0.05, 0.1) is 0 Å². The molecule has 1 fully saturated rings. The molecule has 1 heterocycles. The van der Waals surface area contributed by atoms with Gasteiger partial charge >= 0.3 is 0 Å². The van der Waals surface area contributed by atoms with Crippen LogP contribution in [0.5, 0.6) is 5.75 Å². The second-order valence-corrected chi connectivity index (χ2v) is 4.82. The molecule has 1 N–H and O–H groups in total. The van der Waals surface area contributed by atoms with E-state index in [4.69, 9.17) is 0 Å². The lowest BCUT2D eigenvalue weighted by atomic mass is 10.1. The van der Waals surface area contributed by atoms with Crippen LogP contribution in [0.1, 0.15) is 35.7 Å². The first-order chi connectivity index (χ1) is 8.11. The molecule has 3 nitrogen and oxygen atoms in total. The summed E-state index contributed by atoms with van der Waals surface area (Å²) in [5, 5.41) is 9.45. The first-order valence-electron chi connectivity index (χ1n) is 6.20. The molecule has 0 saturated carbocycles. The zero-order valence-corrected chi connectivity index (χ0v) is 10.4. The van der Waals surface area contributed by atoms with Crippen LogP contribution in [0.15, 0.2) is 18.2 Å². The van der Waals surface area contributed by atoms with Gasteiger partial charge in [0.2, 0.25) is 0 Å². The molecular formula is C14H19NO2. The summed E-state index contributed by atoms with van der Waals surface area (Å²) in [4.78, 5) is 14.1. The van der Waals surface area contributed by atoms with Crippen LogP contribution in [0, 0.1) is 12.8 Å². The second kappa shape index (κ2) is 4.78.